The fourth-order valence-electron chi connectivity index (χ4n) is 2.06. The molecular formula is C14H11NOS. The largest absolute Gasteiger partial charge is 0.368 e. The van der Waals surface area contributed by atoms with Crippen molar-refractivity contribution >= 4 is 28.7 Å². The van der Waals surface area contributed by atoms with E-state index in [0.29, 0.717) is 0 Å². The first kappa shape index (κ1) is 10.4. The molecule has 1 aromatic rings. The molecule has 17 heavy (non-hydrogen) atoms. The van der Waals surface area contributed by atoms with E-state index in [-0.39, 0.29) is 11.2 Å². The fourth-order valence-corrected chi connectivity index (χ4v) is 3.23. The van der Waals surface area contributed by atoms with E-state index < -0.39 is 0 Å². The van der Waals surface area contributed by atoms with Crippen LogP contribution in [-0.2, 0) is 4.79 Å². The molecule has 2 aliphatic rings. The van der Waals surface area contributed by atoms with Gasteiger partial charge in [0.05, 0.1) is 0 Å². The van der Waals surface area contributed by atoms with Gasteiger partial charge in [0.15, 0.2) is 0 Å². The Morgan fingerprint density at radius 3 is 2.94 bits per heavy atom. The lowest BCUT2D eigenvalue weighted by Gasteiger charge is -2.02. The van der Waals surface area contributed by atoms with Crippen LogP contribution in [0.1, 0.15) is 0 Å². The summed E-state index contributed by atoms with van der Waals surface area (Å²) in [6, 6.07) is 8.19. The molecule has 0 radical (unpaired) electrons. The van der Waals surface area contributed by atoms with Gasteiger partial charge in [0.2, 0.25) is 5.91 Å². The smallest absolute Gasteiger partial charge is 0.234 e. The van der Waals surface area contributed by atoms with Crippen molar-refractivity contribution in [3.05, 3.63) is 58.5 Å². The lowest BCUT2D eigenvalue weighted by atomic mass is 10.1. The van der Waals surface area contributed by atoms with E-state index >= 15 is 0 Å². The van der Waals surface area contributed by atoms with Crippen molar-refractivity contribution in [2.75, 3.05) is 0 Å². The Morgan fingerprint density at radius 1 is 1.29 bits per heavy atom. The predicted molar refractivity (Wildman–Crippen MR) is 71.4 cm³/mol. The molecule has 1 amide bonds. The molecule has 1 aliphatic heterocycles. The number of fused-ring (bicyclic) bond motifs is 2. The number of benzene rings is 1. The average Bonchev–Trinajstić information content (AvgIpc) is 2.67. The lowest BCUT2D eigenvalue weighted by Crippen LogP contribution is -2.26. The van der Waals surface area contributed by atoms with Crippen LogP contribution in [-0.4, -0.2) is 11.2 Å². The molecular weight excluding hydrogens is 230 g/mol. The number of amides is 1. The number of nitrogens with two attached hydrogens (primary N) is 1. The van der Waals surface area contributed by atoms with E-state index in [2.05, 4.69) is 18.2 Å². The van der Waals surface area contributed by atoms with E-state index in [1.165, 1.54) is 22.2 Å². The number of carbonyl (C=O) groups excluding carboxylic acids is 1. The Morgan fingerprint density at radius 2 is 2.12 bits per heavy atom. The molecule has 1 atom stereocenters. The Kier molecular flexibility index (Phi) is 2.41. The normalized spacial score (nSPS) is 21.1. The maximum atomic E-state index is 11.3. The van der Waals surface area contributed by atoms with Crippen molar-refractivity contribution in [2.45, 2.75) is 5.25 Å². The number of hydrogen-bond acceptors (Lipinski definition) is 2. The Labute approximate surface area is 103 Å². The van der Waals surface area contributed by atoms with Crippen molar-refractivity contribution < 1.29 is 4.79 Å². The molecule has 2 N–H and O–H groups in total. The molecule has 0 aromatic heterocycles. The highest BCUT2D eigenvalue weighted by Crippen LogP contribution is 2.37. The van der Waals surface area contributed by atoms with Gasteiger partial charge in [-0.3, -0.25) is 4.79 Å². The summed E-state index contributed by atoms with van der Waals surface area (Å²) in [5.41, 5.74) is 6.46. The number of carbonyl (C=O) groups is 1. The molecule has 0 saturated heterocycles. The zero-order valence-electron chi connectivity index (χ0n) is 9.09. The first-order valence-corrected chi connectivity index (χ1v) is 6.29. The van der Waals surface area contributed by atoms with Gasteiger partial charge in [-0.2, -0.15) is 0 Å². The molecule has 84 valence electrons. The zero-order valence-corrected chi connectivity index (χ0v) is 9.91. The van der Waals surface area contributed by atoms with Gasteiger partial charge in [0, 0.05) is 4.91 Å². The van der Waals surface area contributed by atoms with Crippen LogP contribution >= 0.6 is 11.8 Å². The van der Waals surface area contributed by atoms with E-state index in [4.69, 9.17) is 5.73 Å². The Balaban J connectivity index is 2.28. The topological polar surface area (TPSA) is 43.1 Å². The summed E-state index contributed by atoms with van der Waals surface area (Å²) >= 11 is 1.54. The quantitative estimate of drug-likeness (QED) is 0.785. The van der Waals surface area contributed by atoms with Crippen molar-refractivity contribution in [2.24, 2.45) is 5.73 Å². The maximum Gasteiger partial charge on any atom is 0.234 e. The second kappa shape index (κ2) is 3.93. The zero-order chi connectivity index (χ0) is 11.8. The minimum absolute atomic E-state index is 0.240. The van der Waals surface area contributed by atoms with Crippen LogP contribution < -0.4 is 16.2 Å². The minimum Gasteiger partial charge on any atom is -0.368 e. The summed E-state index contributed by atoms with van der Waals surface area (Å²) in [6.07, 6.45) is 8.07. The second-order valence-corrected chi connectivity index (χ2v) is 5.16. The molecule has 2 nitrogen and oxygen atoms in total. The predicted octanol–water partition coefficient (Wildman–Crippen LogP) is 0.672. The summed E-state index contributed by atoms with van der Waals surface area (Å²) in [7, 11) is 0. The summed E-state index contributed by atoms with van der Waals surface area (Å²) in [5.74, 6) is -0.280. The summed E-state index contributed by atoms with van der Waals surface area (Å²) in [5, 5.41) is 2.12. The summed E-state index contributed by atoms with van der Waals surface area (Å²) in [6.45, 7) is 0. The van der Waals surface area contributed by atoms with Gasteiger partial charge in [0.1, 0.15) is 5.25 Å². The number of rotatable bonds is 1. The van der Waals surface area contributed by atoms with E-state index in [9.17, 15) is 4.79 Å². The molecule has 3 rings (SSSR count). The summed E-state index contributed by atoms with van der Waals surface area (Å²) < 4.78 is 0. The highest BCUT2D eigenvalue weighted by molar-refractivity contribution is 8.10. The van der Waals surface area contributed by atoms with Gasteiger partial charge in [-0.15, -0.1) is 11.8 Å². The number of primary amides is 1. The van der Waals surface area contributed by atoms with Crippen molar-refractivity contribution in [1.82, 2.24) is 0 Å². The third-order valence-electron chi connectivity index (χ3n) is 2.88. The van der Waals surface area contributed by atoms with E-state index in [0.717, 1.165) is 10.5 Å². The Hall–Kier alpha value is -1.74. The maximum absolute atomic E-state index is 11.3. The van der Waals surface area contributed by atoms with Crippen LogP contribution in [0.15, 0.2) is 48.1 Å². The van der Waals surface area contributed by atoms with Crippen molar-refractivity contribution in [3.8, 4) is 0 Å². The van der Waals surface area contributed by atoms with Crippen molar-refractivity contribution in [3.63, 3.8) is 0 Å². The monoisotopic (exact) mass is 241 g/mol. The average molecular weight is 241 g/mol. The lowest BCUT2D eigenvalue weighted by molar-refractivity contribution is -0.116. The SMILES string of the molecule is NC(=O)C1C=C2C=CC=c3ccccc3=C2S1. The number of hydrogen-bond donors (Lipinski definition) is 1. The third-order valence-corrected chi connectivity index (χ3v) is 4.19. The second-order valence-electron chi connectivity index (χ2n) is 4.00. The van der Waals surface area contributed by atoms with Gasteiger partial charge >= 0.3 is 0 Å². The van der Waals surface area contributed by atoms with Gasteiger partial charge in [0.25, 0.3) is 0 Å². The molecule has 0 spiro atoms. The van der Waals surface area contributed by atoms with Crippen LogP contribution in [0, 0.1) is 0 Å². The molecule has 0 fully saturated rings. The molecule has 3 heteroatoms. The third kappa shape index (κ3) is 1.72. The summed E-state index contributed by atoms with van der Waals surface area (Å²) in [4.78, 5) is 12.4. The van der Waals surface area contributed by atoms with Crippen LogP contribution in [0.3, 0.4) is 0 Å². The first-order valence-electron chi connectivity index (χ1n) is 5.41. The number of allylic oxidation sites excluding steroid dienone is 2. The molecule has 1 aromatic carbocycles. The van der Waals surface area contributed by atoms with Crippen LogP contribution in [0.4, 0.5) is 0 Å². The van der Waals surface area contributed by atoms with E-state index in [1.807, 2.05) is 30.4 Å². The highest BCUT2D eigenvalue weighted by atomic mass is 32.2. The molecule has 1 aliphatic carbocycles. The highest BCUT2D eigenvalue weighted by Gasteiger charge is 2.25. The molecule has 1 unspecified atom stereocenters. The standard InChI is InChI=1S/C14H11NOS/c15-14(16)12-8-10-6-3-5-9-4-1-2-7-11(9)13(10)17-12/h1-8,12H,(H2,15,16). The van der Waals surface area contributed by atoms with Crippen LogP contribution in [0.25, 0.3) is 11.0 Å². The van der Waals surface area contributed by atoms with E-state index in [1.54, 1.807) is 0 Å². The van der Waals surface area contributed by atoms with Gasteiger partial charge < -0.3 is 5.73 Å². The van der Waals surface area contributed by atoms with Gasteiger partial charge in [-0.05, 0) is 16.0 Å². The van der Waals surface area contributed by atoms with Gasteiger partial charge in [-0.25, -0.2) is 0 Å². The first-order chi connectivity index (χ1) is 8.25. The van der Waals surface area contributed by atoms with Crippen LogP contribution in [0.5, 0.6) is 0 Å². The van der Waals surface area contributed by atoms with Crippen molar-refractivity contribution in [1.29, 1.82) is 0 Å². The Bertz CT molecular complexity index is 670. The molecule has 0 bridgehead atoms. The fraction of sp³-hybridized carbons (Fsp3) is 0.0714. The number of thioether (sulfide) groups is 1. The van der Waals surface area contributed by atoms with Crippen LogP contribution in [0.2, 0.25) is 0 Å². The van der Waals surface area contributed by atoms with Gasteiger partial charge in [-0.1, -0.05) is 48.6 Å². The minimum atomic E-state index is -0.280. The molecule has 1 heterocycles. The molecule has 0 saturated carbocycles.